The minimum Gasteiger partial charge on any atom is -0.341 e. The van der Waals surface area contributed by atoms with E-state index in [4.69, 9.17) is 0 Å². The monoisotopic (exact) mass is 288 g/mol. The third kappa shape index (κ3) is 4.57. The molecular formula is C18H28N2O. The molecule has 21 heavy (non-hydrogen) atoms. The molecular weight excluding hydrogens is 260 g/mol. The summed E-state index contributed by atoms with van der Waals surface area (Å²) in [4.78, 5) is 14.4. The fraction of sp³-hybridized carbons (Fsp3) is 0.611. The molecule has 0 radical (unpaired) electrons. The molecule has 1 amide bonds. The Morgan fingerprint density at radius 3 is 2.76 bits per heavy atom. The van der Waals surface area contributed by atoms with Gasteiger partial charge in [-0.15, -0.1) is 0 Å². The topological polar surface area (TPSA) is 32.3 Å². The van der Waals surface area contributed by atoms with E-state index in [2.05, 4.69) is 37.4 Å². The second-order valence-electron chi connectivity index (χ2n) is 5.79. The molecule has 1 saturated heterocycles. The third-order valence-electron chi connectivity index (χ3n) is 4.36. The quantitative estimate of drug-likeness (QED) is 0.903. The maximum atomic E-state index is 12.4. The average molecular weight is 288 g/mol. The number of nitrogens with zero attached hydrogens (tertiary/aromatic N) is 1. The van der Waals surface area contributed by atoms with Gasteiger partial charge in [-0.2, -0.15) is 0 Å². The summed E-state index contributed by atoms with van der Waals surface area (Å²) in [6.45, 7) is 8.09. The Bertz CT molecular complexity index is 462. The Hall–Kier alpha value is -1.35. The van der Waals surface area contributed by atoms with Crippen LogP contribution in [0.25, 0.3) is 0 Å². The van der Waals surface area contributed by atoms with Crippen LogP contribution in [0.1, 0.15) is 43.4 Å². The van der Waals surface area contributed by atoms with Gasteiger partial charge in [-0.05, 0) is 48.9 Å². The molecule has 1 heterocycles. The van der Waals surface area contributed by atoms with E-state index in [9.17, 15) is 4.79 Å². The van der Waals surface area contributed by atoms with Crippen LogP contribution in [0.15, 0.2) is 18.2 Å². The van der Waals surface area contributed by atoms with Gasteiger partial charge >= 0.3 is 0 Å². The number of carbonyl (C=O) groups is 1. The lowest BCUT2D eigenvalue weighted by molar-refractivity contribution is -0.130. The largest absolute Gasteiger partial charge is 0.341 e. The highest BCUT2D eigenvalue weighted by Gasteiger charge is 2.15. The van der Waals surface area contributed by atoms with E-state index >= 15 is 0 Å². The van der Waals surface area contributed by atoms with E-state index < -0.39 is 0 Å². The van der Waals surface area contributed by atoms with Crippen molar-refractivity contribution in [2.75, 3.05) is 26.2 Å². The van der Waals surface area contributed by atoms with E-state index in [0.717, 1.165) is 51.9 Å². The van der Waals surface area contributed by atoms with Crippen molar-refractivity contribution in [3.8, 4) is 0 Å². The lowest BCUT2D eigenvalue weighted by Crippen LogP contribution is -2.34. The Morgan fingerprint density at radius 1 is 1.14 bits per heavy atom. The zero-order chi connectivity index (χ0) is 15.1. The van der Waals surface area contributed by atoms with Crippen molar-refractivity contribution in [3.05, 3.63) is 34.9 Å². The molecule has 0 saturated carbocycles. The van der Waals surface area contributed by atoms with Gasteiger partial charge in [0, 0.05) is 26.1 Å². The number of benzene rings is 1. The Morgan fingerprint density at radius 2 is 2.00 bits per heavy atom. The highest BCUT2D eigenvalue weighted by Crippen LogP contribution is 2.16. The summed E-state index contributed by atoms with van der Waals surface area (Å²) >= 11 is 0. The van der Waals surface area contributed by atoms with Gasteiger partial charge in [0.2, 0.25) is 5.91 Å². The first-order valence-electron chi connectivity index (χ1n) is 8.33. The summed E-state index contributed by atoms with van der Waals surface area (Å²) in [7, 11) is 0. The molecule has 0 atom stereocenters. The van der Waals surface area contributed by atoms with Gasteiger partial charge in [0.15, 0.2) is 0 Å². The SMILES string of the molecule is CCc1ccc(CC)c(CCC(=O)N2CCCNCC2)c1. The Kier molecular flexibility index (Phi) is 6.24. The number of carbonyl (C=O) groups excluding carboxylic acids is 1. The molecule has 0 spiro atoms. The first-order chi connectivity index (χ1) is 10.2. The average Bonchev–Trinajstić information content (AvgIpc) is 2.81. The van der Waals surface area contributed by atoms with Crippen molar-refractivity contribution >= 4 is 5.91 Å². The molecule has 1 aliphatic rings. The van der Waals surface area contributed by atoms with E-state index in [0.29, 0.717) is 12.3 Å². The first-order valence-corrected chi connectivity index (χ1v) is 8.33. The van der Waals surface area contributed by atoms with E-state index in [1.54, 1.807) is 0 Å². The lowest BCUT2D eigenvalue weighted by Gasteiger charge is -2.20. The maximum absolute atomic E-state index is 12.4. The van der Waals surface area contributed by atoms with Crippen LogP contribution in [0.3, 0.4) is 0 Å². The Balaban J connectivity index is 1.96. The van der Waals surface area contributed by atoms with Crippen LogP contribution in [-0.4, -0.2) is 37.0 Å². The second kappa shape index (κ2) is 8.18. The second-order valence-corrected chi connectivity index (χ2v) is 5.79. The van der Waals surface area contributed by atoms with Crippen LogP contribution in [0, 0.1) is 0 Å². The van der Waals surface area contributed by atoms with Gasteiger partial charge in [-0.25, -0.2) is 0 Å². The number of hydrogen-bond donors (Lipinski definition) is 1. The lowest BCUT2D eigenvalue weighted by atomic mass is 9.97. The van der Waals surface area contributed by atoms with Crippen molar-refractivity contribution in [2.24, 2.45) is 0 Å². The predicted molar refractivity (Wildman–Crippen MR) is 87.6 cm³/mol. The summed E-state index contributed by atoms with van der Waals surface area (Å²) in [5.74, 6) is 0.308. The highest BCUT2D eigenvalue weighted by atomic mass is 16.2. The van der Waals surface area contributed by atoms with Crippen molar-refractivity contribution in [3.63, 3.8) is 0 Å². The summed E-state index contributed by atoms with van der Waals surface area (Å²) in [5.41, 5.74) is 4.12. The van der Waals surface area contributed by atoms with Gasteiger partial charge in [0.1, 0.15) is 0 Å². The van der Waals surface area contributed by atoms with Crippen LogP contribution in [0.5, 0.6) is 0 Å². The molecule has 0 aliphatic carbocycles. The zero-order valence-electron chi connectivity index (χ0n) is 13.5. The molecule has 116 valence electrons. The molecule has 2 rings (SSSR count). The fourth-order valence-corrected chi connectivity index (χ4v) is 2.97. The van der Waals surface area contributed by atoms with E-state index in [1.807, 2.05) is 4.90 Å². The molecule has 1 aromatic rings. The highest BCUT2D eigenvalue weighted by molar-refractivity contribution is 5.76. The van der Waals surface area contributed by atoms with Gasteiger partial charge in [0.25, 0.3) is 0 Å². The van der Waals surface area contributed by atoms with Crippen LogP contribution >= 0.6 is 0 Å². The van der Waals surface area contributed by atoms with E-state index in [1.165, 1.54) is 16.7 Å². The van der Waals surface area contributed by atoms with Crippen LogP contribution in [-0.2, 0) is 24.1 Å². The number of amides is 1. The summed E-state index contributed by atoms with van der Waals surface area (Å²) in [5, 5.41) is 3.35. The van der Waals surface area contributed by atoms with Crippen molar-refractivity contribution in [1.29, 1.82) is 0 Å². The smallest absolute Gasteiger partial charge is 0.222 e. The number of aryl methyl sites for hydroxylation is 3. The fourth-order valence-electron chi connectivity index (χ4n) is 2.97. The van der Waals surface area contributed by atoms with Gasteiger partial charge < -0.3 is 10.2 Å². The standard InChI is InChI=1S/C18H28N2O/c1-3-15-6-7-16(4-2)17(14-15)8-9-18(21)20-12-5-10-19-11-13-20/h6-7,14,19H,3-5,8-13H2,1-2H3. The molecule has 1 aromatic carbocycles. The van der Waals surface area contributed by atoms with Gasteiger partial charge in [-0.1, -0.05) is 32.0 Å². The Labute approximate surface area is 128 Å². The first kappa shape index (κ1) is 16.0. The van der Waals surface area contributed by atoms with Crippen LogP contribution in [0.4, 0.5) is 0 Å². The molecule has 0 unspecified atom stereocenters. The number of rotatable bonds is 5. The summed E-state index contributed by atoms with van der Waals surface area (Å²) < 4.78 is 0. The van der Waals surface area contributed by atoms with Crippen LogP contribution in [0.2, 0.25) is 0 Å². The van der Waals surface area contributed by atoms with E-state index in [-0.39, 0.29) is 0 Å². The minimum atomic E-state index is 0.308. The van der Waals surface area contributed by atoms with Crippen molar-refractivity contribution < 1.29 is 4.79 Å². The minimum absolute atomic E-state index is 0.308. The summed E-state index contributed by atoms with van der Waals surface area (Å²) in [6.07, 6.45) is 4.68. The number of nitrogens with one attached hydrogen (secondary N) is 1. The number of hydrogen-bond acceptors (Lipinski definition) is 2. The predicted octanol–water partition coefficient (Wildman–Crippen LogP) is 2.57. The van der Waals surface area contributed by atoms with Gasteiger partial charge in [-0.3, -0.25) is 4.79 Å². The molecule has 1 fully saturated rings. The maximum Gasteiger partial charge on any atom is 0.222 e. The molecule has 3 nitrogen and oxygen atoms in total. The van der Waals surface area contributed by atoms with Crippen molar-refractivity contribution in [2.45, 2.75) is 46.0 Å². The normalized spacial score (nSPS) is 15.8. The molecule has 1 aliphatic heterocycles. The summed E-state index contributed by atoms with van der Waals surface area (Å²) in [6, 6.07) is 6.73. The molecule has 0 bridgehead atoms. The third-order valence-corrected chi connectivity index (χ3v) is 4.36. The molecule has 0 aromatic heterocycles. The molecule has 3 heteroatoms. The van der Waals surface area contributed by atoms with Crippen molar-refractivity contribution in [1.82, 2.24) is 10.2 Å². The zero-order valence-corrected chi connectivity index (χ0v) is 13.5. The molecule has 1 N–H and O–H groups in total. The van der Waals surface area contributed by atoms with Crippen LogP contribution < -0.4 is 5.32 Å². The van der Waals surface area contributed by atoms with Gasteiger partial charge in [0.05, 0.1) is 0 Å².